The second kappa shape index (κ2) is 5.05. The first kappa shape index (κ1) is 9.59. The number of amidine groups is 1. The summed E-state index contributed by atoms with van der Waals surface area (Å²) in [6.07, 6.45) is 1.12. The number of nitrogens with one attached hydrogen (secondary N) is 1. The molecular formula is C11H14N2S. The Bertz CT molecular complexity index is 308. The van der Waals surface area contributed by atoms with Gasteiger partial charge in [0, 0.05) is 12.3 Å². The summed E-state index contributed by atoms with van der Waals surface area (Å²) < 4.78 is 0. The summed E-state index contributed by atoms with van der Waals surface area (Å²) >= 11 is 1.82. The van der Waals surface area contributed by atoms with Crippen molar-refractivity contribution in [1.29, 1.82) is 0 Å². The average Bonchev–Trinajstić information content (AvgIpc) is 2.72. The highest BCUT2D eigenvalue weighted by molar-refractivity contribution is 8.13. The molecule has 1 aliphatic rings. The summed E-state index contributed by atoms with van der Waals surface area (Å²) in [5, 5.41) is 4.37. The zero-order valence-corrected chi connectivity index (χ0v) is 8.89. The largest absolute Gasteiger partial charge is 0.363 e. The van der Waals surface area contributed by atoms with Crippen LogP contribution in [-0.4, -0.2) is 24.0 Å². The van der Waals surface area contributed by atoms with Gasteiger partial charge in [0.15, 0.2) is 5.17 Å². The summed E-state index contributed by atoms with van der Waals surface area (Å²) in [6.45, 7) is 1.95. The van der Waals surface area contributed by atoms with Gasteiger partial charge in [0.1, 0.15) is 0 Å². The van der Waals surface area contributed by atoms with E-state index in [2.05, 4.69) is 40.6 Å². The molecule has 0 amide bonds. The molecule has 1 heterocycles. The Kier molecular flexibility index (Phi) is 3.46. The molecule has 2 nitrogen and oxygen atoms in total. The van der Waals surface area contributed by atoms with Crippen LogP contribution in [0.4, 0.5) is 0 Å². The predicted molar refractivity (Wildman–Crippen MR) is 62.9 cm³/mol. The minimum atomic E-state index is 0.938. The SMILES string of the molecule is c1ccc(CCSC2=NCCN2)cc1. The lowest BCUT2D eigenvalue weighted by atomic mass is 10.2. The number of benzene rings is 1. The zero-order chi connectivity index (χ0) is 9.64. The molecule has 1 aromatic carbocycles. The zero-order valence-electron chi connectivity index (χ0n) is 8.07. The van der Waals surface area contributed by atoms with Crippen LogP contribution < -0.4 is 5.32 Å². The van der Waals surface area contributed by atoms with Crippen molar-refractivity contribution in [3.63, 3.8) is 0 Å². The molecule has 2 rings (SSSR count). The van der Waals surface area contributed by atoms with Crippen molar-refractivity contribution in [1.82, 2.24) is 5.32 Å². The van der Waals surface area contributed by atoms with Crippen molar-refractivity contribution >= 4 is 16.9 Å². The first-order chi connectivity index (χ1) is 6.95. The predicted octanol–water partition coefficient (Wildman–Crippen LogP) is 1.92. The van der Waals surface area contributed by atoms with Crippen molar-refractivity contribution < 1.29 is 0 Å². The van der Waals surface area contributed by atoms with E-state index in [0.29, 0.717) is 0 Å². The van der Waals surface area contributed by atoms with Crippen LogP contribution in [-0.2, 0) is 6.42 Å². The number of hydrogen-bond acceptors (Lipinski definition) is 3. The van der Waals surface area contributed by atoms with Crippen LogP contribution in [0, 0.1) is 0 Å². The van der Waals surface area contributed by atoms with E-state index in [-0.39, 0.29) is 0 Å². The van der Waals surface area contributed by atoms with Crippen molar-refractivity contribution in [2.45, 2.75) is 6.42 Å². The number of aliphatic imine (C=N–C) groups is 1. The third-order valence-electron chi connectivity index (χ3n) is 2.12. The lowest BCUT2D eigenvalue weighted by Crippen LogP contribution is -2.15. The minimum Gasteiger partial charge on any atom is -0.363 e. The van der Waals surface area contributed by atoms with E-state index in [1.807, 2.05) is 11.8 Å². The van der Waals surface area contributed by atoms with Gasteiger partial charge in [0.05, 0.1) is 6.54 Å². The molecule has 3 heteroatoms. The van der Waals surface area contributed by atoms with Crippen LogP contribution in [0.5, 0.6) is 0 Å². The third-order valence-corrected chi connectivity index (χ3v) is 3.07. The first-order valence-electron chi connectivity index (χ1n) is 4.90. The van der Waals surface area contributed by atoms with E-state index in [1.165, 1.54) is 5.56 Å². The molecule has 1 aromatic rings. The monoisotopic (exact) mass is 206 g/mol. The fraction of sp³-hybridized carbons (Fsp3) is 0.364. The van der Waals surface area contributed by atoms with E-state index in [1.54, 1.807) is 0 Å². The van der Waals surface area contributed by atoms with Crippen molar-refractivity contribution in [2.75, 3.05) is 18.8 Å². The standard InChI is InChI=1S/C11H14N2S/c1-2-4-10(5-3-1)6-9-14-11-12-7-8-13-11/h1-5H,6-9H2,(H,12,13). The van der Waals surface area contributed by atoms with Gasteiger partial charge < -0.3 is 5.32 Å². The van der Waals surface area contributed by atoms with Crippen molar-refractivity contribution in [3.8, 4) is 0 Å². The molecule has 14 heavy (non-hydrogen) atoms. The van der Waals surface area contributed by atoms with Crippen LogP contribution in [0.1, 0.15) is 5.56 Å². The fourth-order valence-corrected chi connectivity index (χ4v) is 2.30. The molecule has 1 aliphatic heterocycles. The lowest BCUT2D eigenvalue weighted by molar-refractivity contribution is 0.963. The molecule has 0 saturated carbocycles. The summed E-state index contributed by atoms with van der Waals surface area (Å²) in [5.41, 5.74) is 1.40. The molecule has 0 unspecified atom stereocenters. The van der Waals surface area contributed by atoms with Crippen LogP contribution in [0.15, 0.2) is 35.3 Å². The Morgan fingerprint density at radius 3 is 2.86 bits per heavy atom. The van der Waals surface area contributed by atoms with Gasteiger partial charge in [-0.15, -0.1) is 0 Å². The van der Waals surface area contributed by atoms with Gasteiger partial charge in [-0.3, -0.25) is 4.99 Å². The van der Waals surface area contributed by atoms with Gasteiger partial charge >= 0.3 is 0 Å². The second-order valence-corrected chi connectivity index (χ2v) is 4.28. The van der Waals surface area contributed by atoms with E-state index in [0.717, 1.165) is 30.4 Å². The smallest absolute Gasteiger partial charge is 0.156 e. The average molecular weight is 206 g/mol. The van der Waals surface area contributed by atoms with Crippen LogP contribution in [0.25, 0.3) is 0 Å². The van der Waals surface area contributed by atoms with Crippen LogP contribution in [0.2, 0.25) is 0 Å². The number of nitrogens with zero attached hydrogens (tertiary/aromatic N) is 1. The Hall–Kier alpha value is -0.960. The molecule has 0 radical (unpaired) electrons. The Labute approximate surface area is 88.8 Å². The third kappa shape index (κ3) is 2.77. The second-order valence-electron chi connectivity index (χ2n) is 3.20. The van der Waals surface area contributed by atoms with Gasteiger partial charge in [-0.25, -0.2) is 0 Å². The quantitative estimate of drug-likeness (QED) is 0.817. The molecule has 0 spiro atoms. The molecule has 0 fully saturated rings. The van der Waals surface area contributed by atoms with Gasteiger partial charge in [0.25, 0.3) is 0 Å². The lowest BCUT2D eigenvalue weighted by Gasteiger charge is -2.01. The Balaban J connectivity index is 1.73. The first-order valence-corrected chi connectivity index (χ1v) is 5.89. The van der Waals surface area contributed by atoms with Gasteiger partial charge in [0.2, 0.25) is 0 Å². The number of rotatable bonds is 3. The summed E-state index contributed by atoms with van der Waals surface area (Å²) in [5.74, 6) is 1.11. The van der Waals surface area contributed by atoms with E-state index >= 15 is 0 Å². The van der Waals surface area contributed by atoms with Crippen molar-refractivity contribution in [2.24, 2.45) is 4.99 Å². The maximum Gasteiger partial charge on any atom is 0.156 e. The maximum atomic E-state index is 4.34. The van der Waals surface area contributed by atoms with Crippen LogP contribution in [0.3, 0.4) is 0 Å². The fourth-order valence-electron chi connectivity index (χ4n) is 1.38. The van der Waals surface area contributed by atoms with E-state index < -0.39 is 0 Å². The molecule has 0 atom stereocenters. The molecule has 1 N–H and O–H groups in total. The molecule has 0 saturated heterocycles. The van der Waals surface area contributed by atoms with Gasteiger partial charge in [-0.1, -0.05) is 42.1 Å². The highest BCUT2D eigenvalue weighted by atomic mass is 32.2. The molecule has 74 valence electrons. The van der Waals surface area contributed by atoms with E-state index in [4.69, 9.17) is 0 Å². The summed E-state index contributed by atoms with van der Waals surface area (Å²) in [7, 11) is 0. The number of thioether (sulfide) groups is 1. The summed E-state index contributed by atoms with van der Waals surface area (Å²) in [6, 6.07) is 10.6. The van der Waals surface area contributed by atoms with Gasteiger partial charge in [-0.2, -0.15) is 0 Å². The highest BCUT2D eigenvalue weighted by Crippen LogP contribution is 2.09. The summed E-state index contributed by atoms with van der Waals surface area (Å²) in [4.78, 5) is 4.34. The van der Waals surface area contributed by atoms with Crippen LogP contribution >= 0.6 is 11.8 Å². The molecule has 0 aromatic heterocycles. The van der Waals surface area contributed by atoms with Crippen molar-refractivity contribution in [3.05, 3.63) is 35.9 Å². The van der Waals surface area contributed by atoms with E-state index in [9.17, 15) is 0 Å². The highest BCUT2D eigenvalue weighted by Gasteiger charge is 2.04. The Morgan fingerprint density at radius 1 is 1.29 bits per heavy atom. The number of hydrogen-bond donors (Lipinski definition) is 1. The minimum absolute atomic E-state index is 0.938. The molecule has 0 aliphatic carbocycles. The number of aryl methyl sites for hydroxylation is 1. The normalized spacial score (nSPS) is 15.0. The maximum absolute atomic E-state index is 4.34. The van der Waals surface area contributed by atoms with Gasteiger partial charge in [-0.05, 0) is 12.0 Å². The topological polar surface area (TPSA) is 24.4 Å². The Morgan fingerprint density at radius 2 is 2.14 bits per heavy atom. The molecule has 0 bridgehead atoms. The molecular weight excluding hydrogens is 192 g/mol.